The molecule has 0 amide bonds. The van der Waals surface area contributed by atoms with Gasteiger partial charge in [-0.05, 0) is 79.7 Å². The second-order valence-corrected chi connectivity index (χ2v) is 8.46. The van der Waals surface area contributed by atoms with E-state index >= 15 is 0 Å². The zero-order valence-corrected chi connectivity index (χ0v) is 18.3. The van der Waals surface area contributed by atoms with Gasteiger partial charge in [-0.2, -0.15) is 0 Å². The van der Waals surface area contributed by atoms with Gasteiger partial charge in [-0.1, -0.05) is 94.6 Å². The van der Waals surface area contributed by atoms with E-state index in [1.807, 2.05) is 6.08 Å². The summed E-state index contributed by atoms with van der Waals surface area (Å²) in [5.74, 6) is 8.08. The van der Waals surface area contributed by atoms with Crippen molar-refractivity contribution in [3.8, 4) is 11.8 Å². The van der Waals surface area contributed by atoms with Gasteiger partial charge in [-0.3, -0.25) is 0 Å². The lowest BCUT2D eigenvalue weighted by atomic mass is 9.79. The largest absolute Gasteiger partial charge is 0.0730 e. The third kappa shape index (κ3) is 9.45. The molecule has 0 aromatic heterocycles. The summed E-state index contributed by atoms with van der Waals surface area (Å²) in [6.45, 7) is 4.53. The molecule has 1 aliphatic rings. The Kier molecular flexibility index (Phi) is 11.5. The first-order chi connectivity index (χ1) is 13.8. The van der Waals surface area contributed by atoms with Crippen molar-refractivity contribution >= 4 is 6.08 Å². The molecule has 0 heterocycles. The summed E-state index contributed by atoms with van der Waals surface area (Å²) in [7, 11) is 0. The molecule has 0 bridgehead atoms. The Morgan fingerprint density at radius 2 is 1.54 bits per heavy atom. The van der Waals surface area contributed by atoms with E-state index in [9.17, 15) is 0 Å². The van der Waals surface area contributed by atoms with Crippen LogP contribution < -0.4 is 0 Å². The smallest absolute Gasteiger partial charge is 0.0109 e. The lowest BCUT2D eigenvalue weighted by Gasteiger charge is -2.26. The van der Waals surface area contributed by atoms with Crippen LogP contribution in [0.1, 0.15) is 95.6 Å². The molecule has 0 heteroatoms. The minimum atomic E-state index is 0.751. The van der Waals surface area contributed by atoms with Crippen LogP contribution in [0.3, 0.4) is 0 Å². The number of allylic oxidation sites excluding steroid dienone is 3. The van der Waals surface area contributed by atoms with Crippen LogP contribution in [0.4, 0.5) is 0 Å². The monoisotopic (exact) mass is 376 g/mol. The number of aryl methyl sites for hydroxylation is 1. The quantitative estimate of drug-likeness (QED) is 0.284. The highest BCUT2D eigenvalue weighted by Crippen LogP contribution is 2.32. The Balaban J connectivity index is 1.64. The van der Waals surface area contributed by atoms with E-state index in [1.165, 1.54) is 88.2 Å². The summed E-state index contributed by atoms with van der Waals surface area (Å²) in [5, 5.41) is 0. The highest BCUT2D eigenvalue weighted by Gasteiger charge is 2.18. The molecule has 0 spiro atoms. The summed E-state index contributed by atoms with van der Waals surface area (Å²) in [4.78, 5) is 0. The Labute approximate surface area is 174 Å². The van der Waals surface area contributed by atoms with E-state index in [-0.39, 0.29) is 0 Å². The Bertz CT molecular complexity index is 627. The van der Waals surface area contributed by atoms with Crippen LogP contribution >= 0.6 is 0 Å². The molecule has 28 heavy (non-hydrogen) atoms. The summed E-state index contributed by atoms with van der Waals surface area (Å²) in [6.07, 6.45) is 24.9. The number of rotatable bonds is 10. The fourth-order valence-corrected chi connectivity index (χ4v) is 4.12. The zero-order chi connectivity index (χ0) is 19.9. The van der Waals surface area contributed by atoms with Crippen LogP contribution in [-0.2, 0) is 6.42 Å². The average molecular weight is 377 g/mol. The summed E-state index contributed by atoms with van der Waals surface area (Å²) in [5.41, 5.74) is 2.67. The SMILES string of the molecule is CCCCCC[C@H]1CC[C@H](C=CC#CC=Cc2ccc(CCCC)cc2)CC1. The van der Waals surface area contributed by atoms with Gasteiger partial charge in [-0.25, -0.2) is 0 Å². The molecule has 1 aromatic carbocycles. The zero-order valence-electron chi connectivity index (χ0n) is 18.3. The average Bonchev–Trinajstić information content (AvgIpc) is 2.74. The maximum atomic E-state index is 3.18. The summed E-state index contributed by atoms with van der Waals surface area (Å²) >= 11 is 0. The highest BCUT2D eigenvalue weighted by molar-refractivity contribution is 5.53. The Hall–Kier alpha value is -1.74. The van der Waals surface area contributed by atoms with Gasteiger partial charge in [0.2, 0.25) is 0 Å². The van der Waals surface area contributed by atoms with Crippen molar-refractivity contribution in [2.24, 2.45) is 11.8 Å². The molecule has 1 saturated carbocycles. The van der Waals surface area contributed by atoms with Gasteiger partial charge in [0.1, 0.15) is 0 Å². The first-order valence-corrected chi connectivity index (χ1v) is 11.7. The lowest BCUT2D eigenvalue weighted by molar-refractivity contribution is 0.289. The van der Waals surface area contributed by atoms with Crippen molar-refractivity contribution in [2.75, 3.05) is 0 Å². The van der Waals surface area contributed by atoms with Gasteiger partial charge >= 0.3 is 0 Å². The van der Waals surface area contributed by atoms with Crippen molar-refractivity contribution < 1.29 is 0 Å². The molecule has 0 radical (unpaired) electrons. The van der Waals surface area contributed by atoms with Crippen molar-refractivity contribution in [3.63, 3.8) is 0 Å². The second-order valence-electron chi connectivity index (χ2n) is 8.46. The summed E-state index contributed by atoms with van der Waals surface area (Å²) < 4.78 is 0. The van der Waals surface area contributed by atoms with Crippen molar-refractivity contribution in [3.05, 3.63) is 53.6 Å². The molecule has 2 rings (SSSR count). The van der Waals surface area contributed by atoms with Gasteiger partial charge in [0.15, 0.2) is 0 Å². The van der Waals surface area contributed by atoms with Crippen LogP contribution in [0.25, 0.3) is 6.08 Å². The normalized spacial score (nSPS) is 19.8. The molecular weight excluding hydrogens is 336 g/mol. The molecule has 0 N–H and O–H groups in total. The molecular formula is C28H40. The van der Waals surface area contributed by atoms with E-state index in [1.54, 1.807) is 0 Å². The van der Waals surface area contributed by atoms with E-state index in [0.29, 0.717) is 0 Å². The molecule has 0 atom stereocenters. The standard InChI is InChI=1S/C28H40/c1-3-5-7-10-14-26-21-23-28(24-22-26)16-12-9-8-11-15-27-19-17-25(18-20-27)13-6-4-2/h11-12,15-20,26,28H,3-7,10,13-14,21-24H2,1-2H3/t26-,28-. The predicted octanol–water partition coefficient (Wildman–Crippen LogP) is 8.38. The van der Waals surface area contributed by atoms with Crippen LogP contribution in [-0.4, -0.2) is 0 Å². The number of benzene rings is 1. The molecule has 0 saturated heterocycles. The third-order valence-electron chi connectivity index (χ3n) is 6.05. The van der Waals surface area contributed by atoms with E-state index in [4.69, 9.17) is 0 Å². The van der Waals surface area contributed by atoms with Crippen LogP contribution in [0.15, 0.2) is 42.5 Å². The molecule has 1 aliphatic carbocycles. The molecule has 1 fully saturated rings. The first kappa shape index (κ1) is 22.5. The maximum absolute atomic E-state index is 3.18. The number of unbranched alkanes of at least 4 members (excludes halogenated alkanes) is 4. The maximum Gasteiger partial charge on any atom is -0.0109 e. The highest BCUT2D eigenvalue weighted by atomic mass is 14.2. The Morgan fingerprint density at radius 3 is 2.25 bits per heavy atom. The molecule has 0 aliphatic heterocycles. The van der Waals surface area contributed by atoms with E-state index in [0.717, 1.165) is 11.8 Å². The number of hydrogen-bond acceptors (Lipinski definition) is 0. The van der Waals surface area contributed by atoms with E-state index < -0.39 is 0 Å². The topological polar surface area (TPSA) is 0 Å². The van der Waals surface area contributed by atoms with Crippen molar-refractivity contribution in [1.29, 1.82) is 0 Å². The molecule has 0 nitrogen and oxygen atoms in total. The molecule has 0 unspecified atom stereocenters. The second kappa shape index (κ2) is 14.3. The van der Waals surface area contributed by atoms with Gasteiger partial charge in [0.25, 0.3) is 0 Å². The number of hydrogen-bond donors (Lipinski definition) is 0. The first-order valence-electron chi connectivity index (χ1n) is 11.7. The van der Waals surface area contributed by atoms with E-state index in [2.05, 4.69) is 68.2 Å². The predicted molar refractivity (Wildman–Crippen MR) is 125 cm³/mol. The van der Waals surface area contributed by atoms with Gasteiger partial charge in [-0.15, -0.1) is 0 Å². The minimum Gasteiger partial charge on any atom is -0.0730 e. The van der Waals surface area contributed by atoms with Gasteiger partial charge in [0, 0.05) is 0 Å². The molecule has 152 valence electrons. The fourth-order valence-electron chi connectivity index (χ4n) is 4.12. The van der Waals surface area contributed by atoms with Gasteiger partial charge < -0.3 is 0 Å². The van der Waals surface area contributed by atoms with Crippen molar-refractivity contribution in [1.82, 2.24) is 0 Å². The van der Waals surface area contributed by atoms with Crippen LogP contribution in [0.2, 0.25) is 0 Å². The minimum absolute atomic E-state index is 0.751. The van der Waals surface area contributed by atoms with Crippen LogP contribution in [0.5, 0.6) is 0 Å². The summed E-state index contributed by atoms with van der Waals surface area (Å²) in [6, 6.07) is 8.87. The van der Waals surface area contributed by atoms with Crippen molar-refractivity contribution in [2.45, 2.75) is 90.9 Å². The van der Waals surface area contributed by atoms with Crippen LogP contribution in [0, 0.1) is 23.7 Å². The fraction of sp³-hybridized carbons (Fsp3) is 0.571. The van der Waals surface area contributed by atoms with Gasteiger partial charge in [0.05, 0.1) is 0 Å². The molecule has 1 aromatic rings. The lowest BCUT2D eigenvalue weighted by Crippen LogP contribution is -2.12. The third-order valence-corrected chi connectivity index (χ3v) is 6.05. The Morgan fingerprint density at radius 1 is 0.821 bits per heavy atom.